The van der Waals surface area contributed by atoms with Crippen molar-refractivity contribution in [2.45, 2.75) is 12.8 Å². The largest absolute Gasteiger partial charge is 0.478 e. The van der Waals surface area contributed by atoms with E-state index in [-0.39, 0.29) is 17.9 Å². The van der Waals surface area contributed by atoms with Crippen LogP contribution in [0.5, 0.6) is 0 Å². The molecule has 0 aromatic heterocycles. The molecule has 1 aromatic carbocycles. The molecule has 0 saturated carbocycles. The quantitative estimate of drug-likeness (QED) is 0.531. The molecule has 5 heteroatoms. The highest BCUT2D eigenvalue weighted by Crippen LogP contribution is 2.09. The van der Waals surface area contributed by atoms with E-state index in [1.165, 1.54) is 6.07 Å². The van der Waals surface area contributed by atoms with Crippen molar-refractivity contribution in [2.24, 2.45) is 0 Å². The van der Waals surface area contributed by atoms with Crippen LogP contribution in [0.3, 0.4) is 0 Å². The Hall–Kier alpha value is -2.14. The van der Waals surface area contributed by atoms with Crippen molar-refractivity contribution in [3.05, 3.63) is 48.0 Å². The normalized spacial score (nSPS) is 10.0. The first-order valence-corrected chi connectivity index (χ1v) is 6.41. The van der Waals surface area contributed by atoms with E-state index >= 15 is 0 Å². The molecule has 1 rings (SSSR count). The van der Waals surface area contributed by atoms with E-state index in [9.17, 15) is 9.59 Å². The third kappa shape index (κ3) is 5.67. The van der Waals surface area contributed by atoms with Gasteiger partial charge in [-0.15, -0.1) is 6.58 Å². The van der Waals surface area contributed by atoms with E-state index in [4.69, 9.17) is 9.84 Å². The number of carboxylic acid groups (broad SMARTS) is 1. The van der Waals surface area contributed by atoms with Crippen LogP contribution in [-0.2, 0) is 16.0 Å². The molecule has 1 aromatic rings. The van der Waals surface area contributed by atoms with Gasteiger partial charge in [-0.3, -0.25) is 4.79 Å². The van der Waals surface area contributed by atoms with Gasteiger partial charge < -0.3 is 15.2 Å². The van der Waals surface area contributed by atoms with Gasteiger partial charge in [0.15, 0.2) is 0 Å². The van der Waals surface area contributed by atoms with Crippen molar-refractivity contribution < 1.29 is 19.4 Å². The monoisotopic (exact) mass is 277 g/mol. The minimum absolute atomic E-state index is 0.0507. The standard InChI is InChI=1S/C15H19NO4/c1-2-3-9-20-10-8-16-14(17)11-12-6-4-5-7-13(12)15(18)19/h2,4-7H,1,3,8-11H2,(H,16,17)(H,18,19). The lowest BCUT2D eigenvalue weighted by Gasteiger charge is -2.07. The molecule has 5 nitrogen and oxygen atoms in total. The number of nitrogens with one attached hydrogen (secondary N) is 1. The minimum atomic E-state index is -1.03. The van der Waals surface area contributed by atoms with Gasteiger partial charge in [-0.25, -0.2) is 4.79 Å². The molecule has 0 aliphatic heterocycles. The molecule has 0 spiro atoms. The molecule has 0 bridgehead atoms. The summed E-state index contributed by atoms with van der Waals surface area (Å²) in [6, 6.07) is 6.48. The third-order valence-corrected chi connectivity index (χ3v) is 2.63. The second kappa shape index (κ2) is 8.87. The highest BCUT2D eigenvalue weighted by Gasteiger charge is 2.11. The predicted octanol–water partition coefficient (Wildman–Crippen LogP) is 1.64. The van der Waals surface area contributed by atoms with Crippen LogP contribution in [0.1, 0.15) is 22.3 Å². The van der Waals surface area contributed by atoms with Gasteiger partial charge in [0.1, 0.15) is 0 Å². The van der Waals surface area contributed by atoms with Crippen LogP contribution in [0.15, 0.2) is 36.9 Å². The number of carboxylic acids is 1. The van der Waals surface area contributed by atoms with Crippen LogP contribution in [0.2, 0.25) is 0 Å². The van der Waals surface area contributed by atoms with Crippen LogP contribution in [0, 0.1) is 0 Å². The molecule has 108 valence electrons. The molecule has 2 N–H and O–H groups in total. The van der Waals surface area contributed by atoms with Crippen molar-refractivity contribution in [3.8, 4) is 0 Å². The zero-order valence-corrected chi connectivity index (χ0v) is 11.3. The molecule has 1 amide bonds. The topological polar surface area (TPSA) is 75.6 Å². The first-order valence-electron chi connectivity index (χ1n) is 6.41. The minimum Gasteiger partial charge on any atom is -0.478 e. The fourth-order valence-electron chi connectivity index (χ4n) is 1.65. The lowest BCUT2D eigenvalue weighted by molar-refractivity contribution is -0.120. The van der Waals surface area contributed by atoms with Crippen molar-refractivity contribution in [2.75, 3.05) is 19.8 Å². The van der Waals surface area contributed by atoms with Gasteiger partial charge in [0.25, 0.3) is 0 Å². The Balaban J connectivity index is 2.35. The molecule has 0 unspecified atom stereocenters. The zero-order chi connectivity index (χ0) is 14.8. The van der Waals surface area contributed by atoms with Crippen LogP contribution in [0.25, 0.3) is 0 Å². The van der Waals surface area contributed by atoms with Crippen molar-refractivity contribution in [1.82, 2.24) is 5.32 Å². The van der Waals surface area contributed by atoms with Crippen LogP contribution >= 0.6 is 0 Å². The van der Waals surface area contributed by atoms with Crippen LogP contribution in [0.4, 0.5) is 0 Å². The fraction of sp³-hybridized carbons (Fsp3) is 0.333. The lowest BCUT2D eigenvalue weighted by Crippen LogP contribution is -2.29. The molecule has 0 aliphatic rings. The molecule has 0 aliphatic carbocycles. The molecule has 0 atom stereocenters. The Morgan fingerprint density at radius 1 is 1.30 bits per heavy atom. The average Bonchev–Trinajstić information content (AvgIpc) is 2.43. The summed E-state index contributed by atoms with van der Waals surface area (Å²) in [5.74, 6) is -1.24. The summed E-state index contributed by atoms with van der Waals surface area (Å²) in [7, 11) is 0. The fourth-order valence-corrected chi connectivity index (χ4v) is 1.65. The summed E-state index contributed by atoms with van der Waals surface area (Å²) in [5, 5.41) is 11.7. The molecule has 0 fully saturated rings. The Bertz CT molecular complexity index is 471. The second-order valence-electron chi connectivity index (χ2n) is 4.18. The molecule has 0 radical (unpaired) electrons. The number of hydrogen-bond donors (Lipinski definition) is 2. The van der Waals surface area contributed by atoms with Gasteiger partial charge in [0.05, 0.1) is 25.2 Å². The van der Waals surface area contributed by atoms with E-state index in [2.05, 4.69) is 11.9 Å². The van der Waals surface area contributed by atoms with E-state index < -0.39 is 5.97 Å². The average molecular weight is 277 g/mol. The maximum atomic E-state index is 11.7. The Kier molecular flexibility index (Phi) is 7.06. The van der Waals surface area contributed by atoms with Crippen molar-refractivity contribution >= 4 is 11.9 Å². The predicted molar refractivity (Wildman–Crippen MR) is 75.7 cm³/mol. The van der Waals surface area contributed by atoms with E-state index in [1.807, 2.05) is 0 Å². The molecule has 20 heavy (non-hydrogen) atoms. The van der Waals surface area contributed by atoms with E-state index in [0.29, 0.717) is 25.3 Å². The SMILES string of the molecule is C=CCCOCCNC(=O)Cc1ccccc1C(=O)O. The van der Waals surface area contributed by atoms with Crippen LogP contribution < -0.4 is 5.32 Å². The molecule has 0 heterocycles. The highest BCUT2D eigenvalue weighted by molar-refractivity contribution is 5.91. The number of aromatic carboxylic acids is 1. The molecular weight excluding hydrogens is 258 g/mol. The summed E-state index contributed by atoms with van der Waals surface area (Å²) < 4.78 is 5.26. The number of carbonyl (C=O) groups excluding carboxylic acids is 1. The summed E-state index contributed by atoms with van der Waals surface area (Å²) in [6.45, 7) is 5.00. The molecular formula is C15H19NO4. The van der Waals surface area contributed by atoms with Gasteiger partial charge in [-0.2, -0.15) is 0 Å². The van der Waals surface area contributed by atoms with Gasteiger partial charge in [-0.1, -0.05) is 24.3 Å². The summed E-state index contributed by atoms with van der Waals surface area (Å²) in [5.41, 5.74) is 0.662. The third-order valence-electron chi connectivity index (χ3n) is 2.63. The number of amides is 1. The maximum absolute atomic E-state index is 11.7. The van der Waals surface area contributed by atoms with Crippen molar-refractivity contribution in [3.63, 3.8) is 0 Å². The highest BCUT2D eigenvalue weighted by atomic mass is 16.5. The first kappa shape index (κ1) is 15.9. The van der Waals surface area contributed by atoms with Crippen LogP contribution in [-0.4, -0.2) is 36.7 Å². The first-order chi connectivity index (χ1) is 9.65. The van der Waals surface area contributed by atoms with E-state index in [1.54, 1.807) is 24.3 Å². The Morgan fingerprint density at radius 3 is 2.75 bits per heavy atom. The van der Waals surface area contributed by atoms with Gasteiger partial charge in [0, 0.05) is 6.54 Å². The number of benzene rings is 1. The zero-order valence-electron chi connectivity index (χ0n) is 11.3. The molecule has 0 saturated heterocycles. The van der Waals surface area contributed by atoms with Gasteiger partial charge in [-0.05, 0) is 18.1 Å². The van der Waals surface area contributed by atoms with E-state index in [0.717, 1.165) is 6.42 Å². The number of ether oxygens (including phenoxy) is 1. The number of carbonyl (C=O) groups is 2. The Morgan fingerprint density at radius 2 is 2.05 bits per heavy atom. The van der Waals surface area contributed by atoms with Crippen molar-refractivity contribution in [1.29, 1.82) is 0 Å². The summed E-state index contributed by atoms with van der Waals surface area (Å²) in [4.78, 5) is 22.7. The maximum Gasteiger partial charge on any atom is 0.335 e. The summed E-state index contributed by atoms with van der Waals surface area (Å²) in [6.07, 6.45) is 2.59. The smallest absolute Gasteiger partial charge is 0.335 e. The second-order valence-corrected chi connectivity index (χ2v) is 4.18. The lowest BCUT2D eigenvalue weighted by atomic mass is 10.0. The van der Waals surface area contributed by atoms with Gasteiger partial charge in [0.2, 0.25) is 5.91 Å². The van der Waals surface area contributed by atoms with Gasteiger partial charge >= 0.3 is 5.97 Å². The number of rotatable bonds is 9. The summed E-state index contributed by atoms with van der Waals surface area (Å²) >= 11 is 0. The number of hydrogen-bond acceptors (Lipinski definition) is 3. The Labute approximate surface area is 118 Å².